The van der Waals surface area contributed by atoms with E-state index in [4.69, 9.17) is 14.2 Å². The maximum Gasteiger partial charge on any atom is 0.311 e. The van der Waals surface area contributed by atoms with Crippen molar-refractivity contribution in [2.24, 2.45) is 46.3 Å². The second-order valence-corrected chi connectivity index (χ2v) is 26.4. The fourth-order valence-corrected chi connectivity index (χ4v) is 14.4. The van der Waals surface area contributed by atoms with Gasteiger partial charge in [-0.2, -0.15) is 0 Å². The Hall–Kier alpha value is -3.57. The summed E-state index contributed by atoms with van der Waals surface area (Å²) < 4.78 is 19.7. The van der Waals surface area contributed by atoms with Crippen LogP contribution >= 0.6 is 0 Å². The second kappa shape index (κ2) is 27.3. The molecule has 0 spiro atoms. The van der Waals surface area contributed by atoms with Crippen LogP contribution in [0.4, 0.5) is 0 Å². The van der Waals surface area contributed by atoms with Crippen LogP contribution in [0.1, 0.15) is 234 Å². The van der Waals surface area contributed by atoms with Gasteiger partial charge in [0.1, 0.15) is 23.2 Å². The van der Waals surface area contributed by atoms with Gasteiger partial charge in [-0.15, -0.1) is 0 Å². The van der Waals surface area contributed by atoms with E-state index in [1.807, 2.05) is 0 Å². The highest BCUT2D eigenvalue weighted by molar-refractivity contribution is 5.74. The van der Waals surface area contributed by atoms with Crippen molar-refractivity contribution < 1.29 is 19.0 Å². The number of unbranched alkanes of at least 4 members (excludes halogenated alkanes) is 3. The molecule has 5 aliphatic rings. The summed E-state index contributed by atoms with van der Waals surface area (Å²) in [4.78, 5) is 15.8. The lowest BCUT2D eigenvalue weighted by Gasteiger charge is -2.55. The van der Waals surface area contributed by atoms with E-state index in [1.54, 1.807) is 11.1 Å². The molecule has 0 bridgehead atoms. The SMILES string of the molecule is C=C(CCN(CC)CCCCCCC(=O)Oc1c(C)c(C)c2c(c1C)CCC(C)(CC/C=C(\C)CC/C=C(\C)CCC=C(C)C)O2)OC1CCC2(C)C(=CC=C3C2CCC2(C)C3CCC2C(C)/C=C/C(C)C(C)C)C1. The number of carbonyl (C=O) groups excluding carboxylic acids is 1. The number of hydrogen-bond acceptors (Lipinski definition) is 5. The van der Waals surface area contributed by atoms with Crippen molar-refractivity contribution in [1.29, 1.82) is 0 Å². The van der Waals surface area contributed by atoms with Crippen LogP contribution in [-0.4, -0.2) is 42.2 Å². The Morgan fingerprint density at radius 3 is 2.19 bits per heavy atom. The molecule has 0 amide bonds. The number of ether oxygens (including phenoxy) is 3. The molecule has 1 aliphatic heterocycles. The topological polar surface area (TPSA) is 48.0 Å². The first-order chi connectivity index (χ1) is 35.6. The minimum Gasteiger partial charge on any atom is -0.495 e. The molecule has 3 fully saturated rings. The highest BCUT2D eigenvalue weighted by Crippen LogP contribution is 2.66. The van der Waals surface area contributed by atoms with E-state index in [0.29, 0.717) is 35.5 Å². The van der Waals surface area contributed by atoms with Crippen LogP contribution in [0.2, 0.25) is 0 Å². The zero-order valence-electron chi connectivity index (χ0n) is 50.8. The van der Waals surface area contributed by atoms with Gasteiger partial charge in [0.15, 0.2) is 0 Å². The van der Waals surface area contributed by atoms with Crippen LogP contribution < -0.4 is 9.47 Å². The summed E-state index contributed by atoms with van der Waals surface area (Å²) in [5.41, 5.74) is 12.6. The molecule has 1 aromatic rings. The number of nitrogens with zero attached hydrogens (tertiary/aromatic N) is 1. The van der Waals surface area contributed by atoms with Crippen LogP contribution in [0.15, 0.2) is 82.7 Å². The summed E-state index contributed by atoms with van der Waals surface area (Å²) in [5.74, 6) is 6.76. The Labute approximate surface area is 460 Å². The predicted molar refractivity (Wildman–Crippen MR) is 320 cm³/mol. The lowest BCUT2D eigenvalue weighted by molar-refractivity contribution is -0.134. The average Bonchev–Trinajstić information content (AvgIpc) is 3.73. The number of allylic oxidation sites excluding steroid dienone is 11. The molecule has 4 aliphatic carbocycles. The Balaban J connectivity index is 0.878. The van der Waals surface area contributed by atoms with Gasteiger partial charge in [-0.05, 0) is 234 Å². The molecule has 3 saturated carbocycles. The largest absolute Gasteiger partial charge is 0.495 e. The first-order valence-electron chi connectivity index (χ1n) is 30.7. The molecule has 0 N–H and O–H groups in total. The van der Waals surface area contributed by atoms with Gasteiger partial charge in [-0.3, -0.25) is 4.79 Å². The minimum atomic E-state index is -0.208. The highest BCUT2D eigenvalue weighted by atomic mass is 16.5. The Morgan fingerprint density at radius 1 is 0.773 bits per heavy atom. The van der Waals surface area contributed by atoms with E-state index < -0.39 is 0 Å². The highest BCUT2D eigenvalue weighted by Gasteiger charge is 2.57. The molecule has 75 heavy (non-hydrogen) atoms. The molecule has 0 radical (unpaired) electrons. The van der Waals surface area contributed by atoms with E-state index in [9.17, 15) is 4.79 Å². The molecule has 1 aromatic carbocycles. The monoisotopic (exact) mass is 1030 g/mol. The maximum atomic E-state index is 13.3. The summed E-state index contributed by atoms with van der Waals surface area (Å²) in [7, 11) is 0. The normalized spacial score (nSPS) is 27.4. The number of carbonyl (C=O) groups is 1. The smallest absolute Gasteiger partial charge is 0.311 e. The van der Waals surface area contributed by atoms with Crippen LogP contribution in [-0.2, 0) is 16.0 Å². The first kappa shape index (κ1) is 60.7. The Bertz CT molecular complexity index is 2300. The van der Waals surface area contributed by atoms with Crippen molar-refractivity contribution >= 4 is 5.97 Å². The van der Waals surface area contributed by atoms with Gasteiger partial charge < -0.3 is 19.1 Å². The third-order valence-corrected chi connectivity index (χ3v) is 20.2. The molecular weight excluding hydrogens is 919 g/mol. The number of rotatable bonds is 27. The van der Waals surface area contributed by atoms with Crippen LogP contribution in [0.5, 0.6) is 11.5 Å². The zero-order chi connectivity index (χ0) is 54.7. The molecule has 0 aromatic heterocycles. The molecule has 9 atom stereocenters. The second-order valence-electron chi connectivity index (χ2n) is 26.4. The molecule has 1 heterocycles. The van der Waals surface area contributed by atoms with Crippen molar-refractivity contribution in [3.63, 3.8) is 0 Å². The van der Waals surface area contributed by atoms with Crippen LogP contribution in [0.25, 0.3) is 0 Å². The van der Waals surface area contributed by atoms with E-state index >= 15 is 0 Å². The van der Waals surface area contributed by atoms with Gasteiger partial charge >= 0.3 is 5.97 Å². The summed E-state index contributed by atoms with van der Waals surface area (Å²) in [5, 5.41) is 0. The van der Waals surface area contributed by atoms with E-state index in [2.05, 4.69) is 158 Å². The van der Waals surface area contributed by atoms with Crippen molar-refractivity contribution in [1.82, 2.24) is 4.90 Å². The van der Waals surface area contributed by atoms with Gasteiger partial charge in [-0.1, -0.05) is 138 Å². The maximum absolute atomic E-state index is 13.3. The van der Waals surface area contributed by atoms with E-state index in [-0.39, 0.29) is 23.1 Å². The Morgan fingerprint density at radius 2 is 1.48 bits per heavy atom. The summed E-state index contributed by atoms with van der Waals surface area (Å²) in [6, 6.07) is 0. The first-order valence-corrected chi connectivity index (χ1v) is 30.7. The van der Waals surface area contributed by atoms with E-state index in [0.717, 1.165) is 162 Å². The molecule has 5 nitrogen and oxygen atoms in total. The fourth-order valence-electron chi connectivity index (χ4n) is 14.4. The third-order valence-electron chi connectivity index (χ3n) is 20.2. The number of esters is 1. The lowest BCUT2D eigenvalue weighted by Crippen LogP contribution is -2.46. The minimum absolute atomic E-state index is 0.125. The van der Waals surface area contributed by atoms with Gasteiger partial charge in [0.05, 0.1) is 5.76 Å². The standard InChI is InChI=1S/C70H109NO4/c1-17-71(46-40-54(10)73-59-37-43-69(15)58(47-59)33-34-61-63-36-35-62(70(63,16)44-39-64(61)69)53(9)32-31-52(8)49(4)5)45-21-19-18-20-30-65(72)74-66-55(11)56(12)67-60(57(66)13)38-42-68(14,75-67)41-24-29-51(7)28-23-27-50(6)26-22-25-48(2)3/h25,27,29,31-34,49,52-53,59,62-64H,10,17-24,26,28,30,35-47H2,1-9,11-16H3/b32-31+,50-27+,51-29+. The van der Waals surface area contributed by atoms with Crippen molar-refractivity contribution in [3.8, 4) is 11.5 Å². The third kappa shape index (κ3) is 15.6. The van der Waals surface area contributed by atoms with Crippen LogP contribution in [0, 0.1) is 67.1 Å². The van der Waals surface area contributed by atoms with Crippen molar-refractivity contribution in [2.45, 2.75) is 250 Å². The number of hydrogen-bond donors (Lipinski definition) is 0. The molecule has 0 saturated heterocycles. The Kier molecular flexibility index (Phi) is 22.1. The summed E-state index contributed by atoms with van der Waals surface area (Å²) in [6.07, 6.45) is 40.3. The van der Waals surface area contributed by atoms with Gasteiger partial charge in [0.25, 0.3) is 0 Å². The average molecular weight is 1030 g/mol. The van der Waals surface area contributed by atoms with Gasteiger partial charge in [0, 0.05) is 31.4 Å². The summed E-state index contributed by atoms with van der Waals surface area (Å²) in [6.45, 7) is 42.1. The molecule has 418 valence electrons. The molecule has 9 unspecified atom stereocenters. The number of fused-ring (bicyclic) bond motifs is 6. The number of benzene rings is 1. The van der Waals surface area contributed by atoms with Gasteiger partial charge in [-0.25, -0.2) is 0 Å². The van der Waals surface area contributed by atoms with E-state index in [1.165, 1.54) is 54.4 Å². The molecule has 5 heteroatoms. The van der Waals surface area contributed by atoms with Crippen LogP contribution in [0.3, 0.4) is 0 Å². The molecular formula is C70H109NO4. The predicted octanol–water partition coefficient (Wildman–Crippen LogP) is 19.3. The lowest BCUT2D eigenvalue weighted by atomic mass is 9.50. The molecule has 6 rings (SSSR count). The van der Waals surface area contributed by atoms with Crippen molar-refractivity contribution in [3.05, 3.63) is 105 Å². The quantitative estimate of drug-likeness (QED) is 0.0289. The summed E-state index contributed by atoms with van der Waals surface area (Å²) >= 11 is 0. The van der Waals surface area contributed by atoms with Gasteiger partial charge in [0.2, 0.25) is 0 Å². The zero-order valence-corrected chi connectivity index (χ0v) is 50.8. The van der Waals surface area contributed by atoms with Crippen molar-refractivity contribution in [2.75, 3.05) is 19.6 Å². The fraction of sp³-hybridized carbons (Fsp3) is 0.700.